The Morgan fingerprint density at radius 1 is 1.30 bits per heavy atom. The van der Waals surface area contributed by atoms with E-state index in [1.807, 2.05) is 25.7 Å². The van der Waals surface area contributed by atoms with Crippen molar-refractivity contribution in [3.05, 3.63) is 0 Å². The molecule has 0 aliphatic carbocycles. The van der Waals surface area contributed by atoms with Crippen molar-refractivity contribution in [2.45, 2.75) is 77.8 Å². The van der Waals surface area contributed by atoms with Crippen molar-refractivity contribution >= 4 is 14.4 Å². The van der Waals surface area contributed by atoms with Gasteiger partial charge in [-0.15, -0.1) is 0 Å². The first-order valence-corrected chi connectivity index (χ1v) is 11.1. The minimum absolute atomic E-state index is 0.181. The lowest BCUT2D eigenvalue weighted by Gasteiger charge is -2.45. The van der Waals surface area contributed by atoms with Crippen molar-refractivity contribution in [2.24, 2.45) is 0 Å². The summed E-state index contributed by atoms with van der Waals surface area (Å²) in [5, 5.41) is 0. The molecule has 1 saturated heterocycles. The largest absolute Gasteiger partial charge is 0.444 e. The SMILES string of the molecule is CCC1(O[Si](C)(C)C)CCCN(C(=O)OC(C)(C)C)C1. The fourth-order valence-corrected chi connectivity index (χ4v) is 4.28. The monoisotopic (exact) mass is 301 g/mol. The molecule has 0 aromatic carbocycles. The maximum atomic E-state index is 12.2. The first-order valence-electron chi connectivity index (χ1n) is 7.64. The molecule has 0 radical (unpaired) electrons. The molecule has 0 aromatic heterocycles. The van der Waals surface area contributed by atoms with Crippen molar-refractivity contribution in [2.75, 3.05) is 13.1 Å². The molecule has 118 valence electrons. The van der Waals surface area contributed by atoms with E-state index in [1.165, 1.54) is 0 Å². The Hall–Kier alpha value is -0.553. The fourth-order valence-electron chi connectivity index (χ4n) is 2.67. The number of nitrogens with zero attached hydrogens (tertiary/aromatic N) is 1. The lowest BCUT2D eigenvalue weighted by molar-refractivity contribution is -0.0342. The summed E-state index contributed by atoms with van der Waals surface area (Å²) in [4.78, 5) is 14.1. The van der Waals surface area contributed by atoms with Crippen LogP contribution in [-0.4, -0.2) is 43.6 Å². The Labute approximate surface area is 124 Å². The number of piperidine rings is 1. The van der Waals surface area contributed by atoms with Gasteiger partial charge in [0.2, 0.25) is 0 Å². The summed E-state index contributed by atoms with van der Waals surface area (Å²) < 4.78 is 11.9. The molecule has 0 aromatic rings. The maximum Gasteiger partial charge on any atom is 0.410 e. The average Bonchev–Trinajstić information content (AvgIpc) is 2.24. The van der Waals surface area contributed by atoms with Gasteiger partial charge in [0, 0.05) is 6.54 Å². The van der Waals surface area contributed by atoms with Gasteiger partial charge in [-0.05, 0) is 59.7 Å². The second-order valence-corrected chi connectivity index (χ2v) is 12.2. The Balaban J connectivity index is 2.76. The number of likely N-dealkylation sites (tertiary alicyclic amines) is 1. The second-order valence-electron chi connectivity index (χ2n) is 7.76. The Bertz CT molecular complexity index is 346. The van der Waals surface area contributed by atoms with Gasteiger partial charge in [0.25, 0.3) is 0 Å². The number of rotatable bonds is 3. The van der Waals surface area contributed by atoms with Crippen molar-refractivity contribution in [3.8, 4) is 0 Å². The predicted octanol–water partition coefficient (Wildman–Crippen LogP) is 4.02. The third kappa shape index (κ3) is 5.44. The summed E-state index contributed by atoms with van der Waals surface area (Å²) in [5.41, 5.74) is -0.622. The summed E-state index contributed by atoms with van der Waals surface area (Å²) in [6, 6.07) is 0. The van der Waals surface area contributed by atoms with E-state index < -0.39 is 13.9 Å². The van der Waals surface area contributed by atoms with Crippen molar-refractivity contribution in [1.29, 1.82) is 0 Å². The molecular weight excluding hydrogens is 270 g/mol. The lowest BCUT2D eigenvalue weighted by Crippen LogP contribution is -2.55. The molecule has 20 heavy (non-hydrogen) atoms. The van der Waals surface area contributed by atoms with Gasteiger partial charge in [0.15, 0.2) is 8.32 Å². The number of carbonyl (C=O) groups is 1. The van der Waals surface area contributed by atoms with Crippen LogP contribution in [0.5, 0.6) is 0 Å². The van der Waals surface area contributed by atoms with E-state index in [0.717, 1.165) is 25.8 Å². The number of hydrogen-bond donors (Lipinski definition) is 0. The number of amides is 1. The summed E-state index contributed by atoms with van der Waals surface area (Å²) in [6.07, 6.45) is 2.75. The Morgan fingerprint density at radius 2 is 1.90 bits per heavy atom. The predicted molar refractivity (Wildman–Crippen MR) is 84.5 cm³/mol. The van der Waals surface area contributed by atoms with Crippen LogP contribution in [0, 0.1) is 0 Å². The summed E-state index contributed by atoms with van der Waals surface area (Å²) in [7, 11) is -1.63. The van der Waals surface area contributed by atoms with Gasteiger partial charge in [-0.25, -0.2) is 4.79 Å². The standard InChI is InChI=1S/C15H31NO3Si/c1-8-15(19-20(5,6)7)10-9-11-16(12-15)13(17)18-14(2,3)4/h8-12H2,1-7H3. The zero-order chi connectivity index (χ0) is 15.6. The van der Waals surface area contributed by atoms with Crippen molar-refractivity contribution in [3.63, 3.8) is 0 Å². The van der Waals surface area contributed by atoms with Gasteiger partial charge in [-0.1, -0.05) is 6.92 Å². The van der Waals surface area contributed by atoms with Crippen LogP contribution in [0.25, 0.3) is 0 Å². The zero-order valence-electron chi connectivity index (χ0n) is 14.2. The lowest BCUT2D eigenvalue weighted by atomic mass is 9.90. The fraction of sp³-hybridized carbons (Fsp3) is 0.933. The molecule has 4 nitrogen and oxygen atoms in total. The Kier molecular flexibility index (Phi) is 5.30. The zero-order valence-corrected chi connectivity index (χ0v) is 15.2. The molecule has 0 N–H and O–H groups in total. The summed E-state index contributed by atoms with van der Waals surface area (Å²) >= 11 is 0. The molecule has 5 heteroatoms. The Morgan fingerprint density at radius 3 is 2.35 bits per heavy atom. The molecule has 0 spiro atoms. The molecule has 1 fully saturated rings. The van der Waals surface area contributed by atoms with Crippen LogP contribution in [0.1, 0.15) is 47.0 Å². The van der Waals surface area contributed by atoms with Crippen LogP contribution >= 0.6 is 0 Å². The highest BCUT2D eigenvalue weighted by Gasteiger charge is 2.40. The molecule has 1 unspecified atom stereocenters. The van der Waals surface area contributed by atoms with E-state index in [-0.39, 0.29) is 11.7 Å². The van der Waals surface area contributed by atoms with E-state index in [9.17, 15) is 4.79 Å². The molecular formula is C15H31NO3Si. The number of ether oxygens (including phenoxy) is 1. The average molecular weight is 302 g/mol. The molecule has 1 aliphatic heterocycles. The van der Waals surface area contributed by atoms with Gasteiger partial charge in [0.05, 0.1) is 12.1 Å². The molecule has 1 rings (SSSR count). The summed E-state index contributed by atoms with van der Waals surface area (Å²) in [5.74, 6) is 0. The third-order valence-corrected chi connectivity index (χ3v) is 4.40. The van der Waals surface area contributed by atoms with Crippen LogP contribution in [0.3, 0.4) is 0 Å². The number of carbonyl (C=O) groups excluding carboxylic acids is 1. The van der Waals surface area contributed by atoms with Crippen LogP contribution in [-0.2, 0) is 9.16 Å². The van der Waals surface area contributed by atoms with Crippen molar-refractivity contribution < 1.29 is 14.0 Å². The molecule has 1 atom stereocenters. The quantitative estimate of drug-likeness (QED) is 0.739. The summed E-state index contributed by atoms with van der Waals surface area (Å²) in [6.45, 7) is 15.9. The highest BCUT2D eigenvalue weighted by molar-refractivity contribution is 6.69. The highest BCUT2D eigenvalue weighted by atomic mass is 28.4. The molecule has 0 bridgehead atoms. The van der Waals surface area contributed by atoms with Crippen LogP contribution in [0.15, 0.2) is 0 Å². The topological polar surface area (TPSA) is 38.8 Å². The van der Waals surface area contributed by atoms with E-state index in [0.29, 0.717) is 6.54 Å². The molecule has 0 saturated carbocycles. The first-order chi connectivity index (χ1) is 8.96. The van der Waals surface area contributed by atoms with Gasteiger partial charge >= 0.3 is 6.09 Å². The highest BCUT2D eigenvalue weighted by Crippen LogP contribution is 2.32. The normalized spacial score (nSPS) is 24.6. The smallest absolute Gasteiger partial charge is 0.410 e. The third-order valence-electron chi connectivity index (χ3n) is 3.36. The van der Waals surface area contributed by atoms with Gasteiger partial charge in [-0.3, -0.25) is 0 Å². The second kappa shape index (κ2) is 6.06. The van der Waals surface area contributed by atoms with E-state index >= 15 is 0 Å². The van der Waals surface area contributed by atoms with E-state index in [2.05, 4.69) is 26.6 Å². The van der Waals surface area contributed by atoms with E-state index in [1.54, 1.807) is 0 Å². The minimum atomic E-state index is -1.63. The molecule has 1 heterocycles. The van der Waals surface area contributed by atoms with Gasteiger partial charge in [0.1, 0.15) is 5.60 Å². The molecule has 1 amide bonds. The minimum Gasteiger partial charge on any atom is -0.444 e. The van der Waals surface area contributed by atoms with Gasteiger partial charge < -0.3 is 14.1 Å². The maximum absolute atomic E-state index is 12.2. The van der Waals surface area contributed by atoms with Gasteiger partial charge in [-0.2, -0.15) is 0 Å². The first kappa shape index (κ1) is 17.5. The molecule has 1 aliphatic rings. The van der Waals surface area contributed by atoms with Crippen molar-refractivity contribution in [1.82, 2.24) is 4.90 Å². The number of hydrogen-bond acceptors (Lipinski definition) is 3. The van der Waals surface area contributed by atoms with E-state index in [4.69, 9.17) is 9.16 Å². The van der Waals surface area contributed by atoms with Crippen LogP contribution in [0.2, 0.25) is 19.6 Å². The van der Waals surface area contributed by atoms with Crippen LogP contribution in [0.4, 0.5) is 4.79 Å². The van der Waals surface area contributed by atoms with Crippen LogP contribution < -0.4 is 0 Å².